The smallest absolute Gasteiger partial charge is 0.0343 e. The minimum atomic E-state index is 0.735. The molecular weight excluding hydrogens is 232 g/mol. The molecule has 1 fully saturated rings. The number of piperidine rings is 1. The molecule has 1 heterocycles. The maximum absolute atomic E-state index is 3.62. The molecule has 1 saturated heterocycles. The summed E-state index contributed by atoms with van der Waals surface area (Å²) in [4.78, 5) is 0. The molecule has 1 unspecified atom stereocenters. The van der Waals surface area contributed by atoms with Crippen LogP contribution in [-0.4, -0.2) is 19.1 Å². The Balaban J connectivity index is 1.49. The molecule has 0 aromatic heterocycles. The second-order valence-corrected chi connectivity index (χ2v) is 6.05. The predicted octanol–water partition coefficient (Wildman–Crippen LogP) is 3.51. The van der Waals surface area contributed by atoms with Crippen molar-refractivity contribution < 1.29 is 0 Å². The van der Waals surface area contributed by atoms with Crippen molar-refractivity contribution in [3.63, 3.8) is 0 Å². The van der Waals surface area contributed by atoms with Crippen LogP contribution in [0.4, 0.5) is 5.69 Å². The Hall–Kier alpha value is -1.02. The lowest BCUT2D eigenvalue weighted by Crippen LogP contribution is -2.35. The van der Waals surface area contributed by atoms with Crippen molar-refractivity contribution in [2.45, 2.75) is 57.4 Å². The SMILES string of the molecule is c1cc2c(cc1NCCC1CCCCN1)CCCC2. The van der Waals surface area contributed by atoms with Gasteiger partial charge in [-0.1, -0.05) is 12.5 Å². The first-order valence-electron chi connectivity index (χ1n) is 8.01. The van der Waals surface area contributed by atoms with Gasteiger partial charge in [-0.25, -0.2) is 0 Å². The average molecular weight is 258 g/mol. The lowest BCUT2D eigenvalue weighted by atomic mass is 9.91. The largest absolute Gasteiger partial charge is 0.385 e. The number of rotatable bonds is 4. The highest BCUT2D eigenvalue weighted by molar-refractivity contribution is 5.49. The fourth-order valence-electron chi connectivity index (χ4n) is 3.40. The third kappa shape index (κ3) is 3.50. The van der Waals surface area contributed by atoms with Gasteiger partial charge in [-0.15, -0.1) is 0 Å². The Labute approximate surface area is 117 Å². The summed E-state index contributed by atoms with van der Waals surface area (Å²) in [7, 11) is 0. The molecule has 0 spiro atoms. The Morgan fingerprint density at radius 3 is 2.79 bits per heavy atom. The van der Waals surface area contributed by atoms with Crippen LogP contribution in [0.15, 0.2) is 18.2 Å². The standard InChI is InChI=1S/C17H26N2/c1-2-6-15-13-17(9-8-14(15)5-1)19-12-10-16-7-3-4-11-18-16/h8-9,13,16,18-19H,1-7,10-12H2. The topological polar surface area (TPSA) is 24.1 Å². The molecule has 1 atom stereocenters. The van der Waals surface area contributed by atoms with Gasteiger partial charge in [0.05, 0.1) is 0 Å². The molecule has 2 N–H and O–H groups in total. The van der Waals surface area contributed by atoms with E-state index in [9.17, 15) is 0 Å². The van der Waals surface area contributed by atoms with Gasteiger partial charge in [0, 0.05) is 18.3 Å². The van der Waals surface area contributed by atoms with Gasteiger partial charge < -0.3 is 10.6 Å². The monoisotopic (exact) mass is 258 g/mol. The number of fused-ring (bicyclic) bond motifs is 1. The predicted molar refractivity (Wildman–Crippen MR) is 81.8 cm³/mol. The van der Waals surface area contributed by atoms with Crippen LogP contribution in [0.25, 0.3) is 0 Å². The molecule has 1 aromatic carbocycles. The minimum Gasteiger partial charge on any atom is -0.385 e. The first-order chi connectivity index (χ1) is 9.42. The minimum absolute atomic E-state index is 0.735. The van der Waals surface area contributed by atoms with Gasteiger partial charge in [0.2, 0.25) is 0 Å². The number of nitrogens with one attached hydrogen (secondary N) is 2. The van der Waals surface area contributed by atoms with E-state index < -0.39 is 0 Å². The fourth-order valence-corrected chi connectivity index (χ4v) is 3.40. The zero-order valence-corrected chi connectivity index (χ0v) is 11.9. The molecule has 1 aromatic rings. The average Bonchev–Trinajstić information content (AvgIpc) is 2.48. The van der Waals surface area contributed by atoms with E-state index in [1.165, 1.54) is 63.6 Å². The van der Waals surface area contributed by atoms with Crippen molar-refractivity contribution in [1.82, 2.24) is 5.32 Å². The second-order valence-electron chi connectivity index (χ2n) is 6.05. The van der Waals surface area contributed by atoms with Crippen molar-refractivity contribution >= 4 is 5.69 Å². The number of hydrogen-bond donors (Lipinski definition) is 2. The third-order valence-electron chi connectivity index (χ3n) is 4.58. The maximum atomic E-state index is 3.62. The normalized spacial score (nSPS) is 22.8. The Kier molecular flexibility index (Phi) is 4.39. The summed E-state index contributed by atoms with van der Waals surface area (Å²) < 4.78 is 0. The lowest BCUT2D eigenvalue weighted by Gasteiger charge is -2.24. The highest BCUT2D eigenvalue weighted by Crippen LogP contribution is 2.24. The Morgan fingerprint density at radius 2 is 1.95 bits per heavy atom. The molecule has 0 bridgehead atoms. The van der Waals surface area contributed by atoms with Crippen LogP contribution in [-0.2, 0) is 12.8 Å². The van der Waals surface area contributed by atoms with Crippen molar-refractivity contribution in [2.24, 2.45) is 0 Å². The molecule has 2 nitrogen and oxygen atoms in total. The number of aryl methyl sites for hydroxylation is 2. The van der Waals surface area contributed by atoms with E-state index >= 15 is 0 Å². The van der Waals surface area contributed by atoms with Crippen LogP contribution < -0.4 is 10.6 Å². The third-order valence-corrected chi connectivity index (χ3v) is 4.58. The summed E-state index contributed by atoms with van der Waals surface area (Å²) in [5, 5.41) is 7.22. The van der Waals surface area contributed by atoms with E-state index in [1.54, 1.807) is 11.1 Å². The molecule has 2 heteroatoms. The molecule has 1 aliphatic heterocycles. The van der Waals surface area contributed by atoms with Gasteiger partial charge in [0.15, 0.2) is 0 Å². The molecule has 3 rings (SSSR count). The van der Waals surface area contributed by atoms with Gasteiger partial charge in [0.25, 0.3) is 0 Å². The number of anilines is 1. The molecule has 2 aliphatic rings. The van der Waals surface area contributed by atoms with Crippen LogP contribution in [0, 0.1) is 0 Å². The van der Waals surface area contributed by atoms with Gasteiger partial charge in [-0.3, -0.25) is 0 Å². The van der Waals surface area contributed by atoms with Crippen molar-refractivity contribution in [3.05, 3.63) is 29.3 Å². The maximum Gasteiger partial charge on any atom is 0.0343 e. The second kappa shape index (κ2) is 6.42. The fraction of sp³-hybridized carbons (Fsp3) is 0.647. The summed E-state index contributed by atoms with van der Waals surface area (Å²) in [6.45, 7) is 2.31. The summed E-state index contributed by atoms with van der Waals surface area (Å²) in [6, 6.07) is 7.70. The molecule has 0 amide bonds. The Morgan fingerprint density at radius 1 is 1.05 bits per heavy atom. The molecule has 0 radical (unpaired) electrons. The van der Waals surface area contributed by atoms with Gasteiger partial charge in [0.1, 0.15) is 0 Å². The molecule has 1 aliphatic carbocycles. The highest BCUT2D eigenvalue weighted by atomic mass is 14.9. The van der Waals surface area contributed by atoms with E-state index in [1.807, 2.05) is 0 Å². The molecule has 19 heavy (non-hydrogen) atoms. The Bertz CT molecular complexity index is 408. The van der Waals surface area contributed by atoms with Crippen LogP contribution in [0.5, 0.6) is 0 Å². The van der Waals surface area contributed by atoms with Crippen LogP contribution in [0.1, 0.15) is 49.7 Å². The molecule has 0 saturated carbocycles. The highest BCUT2D eigenvalue weighted by Gasteiger charge is 2.12. The van der Waals surface area contributed by atoms with Crippen LogP contribution in [0.3, 0.4) is 0 Å². The van der Waals surface area contributed by atoms with E-state index in [0.29, 0.717) is 0 Å². The summed E-state index contributed by atoms with van der Waals surface area (Å²) >= 11 is 0. The zero-order valence-electron chi connectivity index (χ0n) is 11.9. The van der Waals surface area contributed by atoms with Gasteiger partial charge in [-0.2, -0.15) is 0 Å². The first kappa shape index (κ1) is 13.0. The molecule has 104 valence electrons. The quantitative estimate of drug-likeness (QED) is 0.863. The summed E-state index contributed by atoms with van der Waals surface area (Å²) in [6.07, 6.45) is 10.6. The van der Waals surface area contributed by atoms with E-state index in [2.05, 4.69) is 28.8 Å². The van der Waals surface area contributed by atoms with Gasteiger partial charge >= 0.3 is 0 Å². The first-order valence-corrected chi connectivity index (χ1v) is 8.01. The molecular formula is C17H26N2. The zero-order chi connectivity index (χ0) is 12.9. The van der Waals surface area contributed by atoms with E-state index in [-0.39, 0.29) is 0 Å². The summed E-state index contributed by atoms with van der Waals surface area (Å²) in [5.41, 5.74) is 4.47. The van der Waals surface area contributed by atoms with Crippen molar-refractivity contribution in [2.75, 3.05) is 18.4 Å². The van der Waals surface area contributed by atoms with Crippen molar-refractivity contribution in [3.8, 4) is 0 Å². The van der Waals surface area contributed by atoms with Crippen LogP contribution in [0.2, 0.25) is 0 Å². The van der Waals surface area contributed by atoms with E-state index in [4.69, 9.17) is 0 Å². The van der Waals surface area contributed by atoms with E-state index in [0.717, 1.165) is 12.6 Å². The van der Waals surface area contributed by atoms with Gasteiger partial charge in [-0.05, 0) is 74.8 Å². The van der Waals surface area contributed by atoms with Crippen LogP contribution >= 0.6 is 0 Å². The van der Waals surface area contributed by atoms with Crippen molar-refractivity contribution in [1.29, 1.82) is 0 Å². The lowest BCUT2D eigenvalue weighted by molar-refractivity contribution is 0.389. The summed E-state index contributed by atoms with van der Waals surface area (Å²) in [5.74, 6) is 0. The number of hydrogen-bond acceptors (Lipinski definition) is 2. The number of benzene rings is 1.